The molecule has 0 fully saturated rings. The zero-order valence-electron chi connectivity index (χ0n) is 11.9. The maximum absolute atomic E-state index is 8.88. The van der Waals surface area contributed by atoms with Gasteiger partial charge in [-0.2, -0.15) is 5.26 Å². The van der Waals surface area contributed by atoms with Crippen LogP contribution in [0.4, 0.5) is 5.69 Å². The average molecular weight is 269 g/mol. The molecule has 1 heterocycles. The molecule has 0 amide bonds. The van der Waals surface area contributed by atoms with Gasteiger partial charge in [0.05, 0.1) is 24.4 Å². The molecule has 0 bridgehead atoms. The highest BCUT2D eigenvalue weighted by molar-refractivity contribution is 5.59. The Morgan fingerprint density at radius 2 is 2.20 bits per heavy atom. The Morgan fingerprint density at radius 1 is 1.35 bits per heavy atom. The Hall–Kier alpha value is -2.41. The summed E-state index contributed by atoms with van der Waals surface area (Å²) in [6, 6.07) is 9.62. The van der Waals surface area contributed by atoms with Crippen molar-refractivity contribution in [3.63, 3.8) is 0 Å². The number of aromatic nitrogens is 1. The number of aryl methyl sites for hydroxylation is 1. The fourth-order valence-electron chi connectivity index (χ4n) is 2.10. The van der Waals surface area contributed by atoms with Gasteiger partial charge in [-0.1, -0.05) is 6.92 Å². The van der Waals surface area contributed by atoms with Crippen molar-refractivity contribution in [2.45, 2.75) is 26.4 Å². The minimum Gasteiger partial charge on any atom is -0.495 e. The monoisotopic (exact) mass is 269 g/mol. The van der Waals surface area contributed by atoms with Crippen LogP contribution in [-0.2, 0) is 13.1 Å². The van der Waals surface area contributed by atoms with Gasteiger partial charge in [-0.3, -0.25) is 0 Å². The second kappa shape index (κ2) is 6.67. The first-order valence-electron chi connectivity index (χ1n) is 6.73. The predicted molar refractivity (Wildman–Crippen MR) is 79.8 cm³/mol. The fourth-order valence-corrected chi connectivity index (χ4v) is 2.10. The van der Waals surface area contributed by atoms with Gasteiger partial charge in [-0.25, -0.2) is 0 Å². The summed E-state index contributed by atoms with van der Waals surface area (Å²) in [5.74, 6) is 0.692. The topological polar surface area (TPSA) is 50.0 Å². The van der Waals surface area contributed by atoms with Crippen LogP contribution in [0.15, 0.2) is 36.7 Å². The van der Waals surface area contributed by atoms with E-state index in [9.17, 15) is 0 Å². The van der Waals surface area contributed by atoms with Gasteiger partial charge >= 0.3 is 0 Å². The summed E-state index contributed by atoms with van der Waals surface area (Å²) in [5.41, 5.74) is 2.72. The lowest BCUT2D eigenvalue weighted by Gasteiger charge is -2.10. The van der Waals surface area contributed by atoms with Gasteiger partial charge in [-0.05, 0) is 30.2 Å². The largest absolute Gasteiger partial charge is 0.495 e. The summed E-state index contributed by atoms with van der Waals surface area (Å²) < 4.78 is 7.49. The van der Waals surface area contributed by atoms with E-state index in [0.717, 1.165) is 25.2 Å². The number of hydrogen-bond acceptors (Lipinski definition) is 3. The van der Waals surface area contributed by atoms with Crippen LogP contribution < -0.4 is 10.1 Å². The molecule has 4 heteroatoms. The number of anilines is 1. The summed E-state index contributed by atoms with van der Waals surface area (Å²) in [7, 11) is 1.61. The molecule has 0 atom stereocenters. The molecule has 4 nitrogen and oxygen atoms in total. The van der Waals surface area contributed by atoms with Gasteiger partial charge in [0.15, 0.2) is 0 Å². The zero-order chi connectivity index (χ0) is 14.4. The molecule has 104 valence electrons. The average Bonchev–Trinajstić information content (AvgIpc) is 2.93. The van der Waals surface area contributed by atoms with Crippen LogP contribution >= 0.6 is 0 Å². The third-order valence-corrected chi connectivity index (χ3v) is 3.11. The summed E-state index contributed by atoms with van der Waals surface area (Å²) in [6.07, 6.45) is 5.37. The summed E-state index contributed by atoms with van der Waals surface area (Å²) in [5, 5.41) is 12.2. The molecule has 0 aliphatic rings. The third-order valence-electron chi connectivity index (χ3n) is 3.11. The molecule has 0 saturated carbocycles. The van der Waals surface area contributed by atoms with Crippen LogP contribution in [0.2, 0.25) is 0 Å². The lowest BCUT2D eigenvalue weighted by Crippen LogP contribution is -2.01. The normalized spacial score (nSPS) is 10.1. The molecule has 1 aromatic heterocycles. The van der Waals surface area contributed by atoms with Crippen molar-refractivity contribution in [1.82, 2.24) is 4.57 Å². The van der Waals surface area contributed by atoms with Crippen LogP contribution in [0.5, 0.6) is 5.75 Å². The number of ether oxygens (including phenoxy) is 1. The van der Waals surface area contributed by atoms with Crippen LogP contribution in [0.3, 0.4) is 0 Å². The first-order chi connectivity index (χ1) is 9.76. The zero-order valence-corrected chi connectivity index (χ0v) is 11.9. The van der Waals surface area contributed by atoms with E-state index < -0.39 is 0 Å². The highest BCUT2D eigenvalue weighted by Crippen LogP contribution is 2.25. The van der Waals surface area contributed by atoms with E-state index in [4.69, 9.17) is 10.00 Å². The van der Waals surface area contributed by atoms with Crippen molar-refractivity contribution < 1.29 is 4.74 Å². The maximum atomic E-state index is 8.88. The molecular formula is C16H19N3O. The minimum absolute atomic E-state index is 0.599. The van der Waals surface area contributed by atoms with E-state index in [1.54, 1.807) is 19.2 Å². The smallest absolute Gasteiger partial charge is 0.143 e. The standard InChI is InChI=1S/C16H19N3O/c1-3-7-19-8-6-14(12-19)11-18-15-5-4-13(10-17)9-16(15)20-2/h4-6,8-9,12,18H,3,7,11H2,1-2H3. The van der Waals surface area contributed by atoms with E-state index >= 15 is 0 Å². The van der Waals surface area contributed by atoms with Crippen molar-refractivity contribution in [2.24, 2.45) is 0 Å². The molecule has 2 aromatic rings. The summed E-state index contributed by atoms with van der Waals surface area (Å²) >= 11 is 0. The molecule has 0 radical (unpaired) electrons. The molecule has 0 aliphatic heterocycles. The van der Waals surface area contributed by atoms with Gasteiger partial charge < -0.3 is 14.6 Å². The van der Waals surface area contributed by atoms with Crippen molar-refractivity contribution in [3.05, 3.63) is 47.8 Å². The Balaban J connectivity index is 2.04. The minimum atomic E-state index is 0.599. The number of nitrogens with one attached hydrogen (secondary N) is 1. The van der Waals surface area contributed by atoms with E-state index in [1.165, 1.54) is 5.56 Å². The van der Waals surface area contributed by atoms with Crippen molar-refractivity contribution in [1.29, 1.82) is 5.26 Å². The van der Waals surface area contributed by atoms with Crippen molar-refractivity contribution in [2.75, 3.05) is 12.4 Å². The highest BCUT2D eigenvalue weighted by atomic mass is 16.5. The number of hydrogen-bond donors (Lipinski definition) is 1. The SMILES string of the molecule is CCCn1ccc(CNc2ccc(C#N)cc2OC)c1. The number of benzene rings is 1. The van der Waals surface area contributed by atoms with Gasteiger partial charge in [-0.15, -0.1) is 0 Å². The van der Waals surface area contributed by atoms with Gasteiger partial charge in [0.25, 0.3) is 0 Å². The lowest BCUT2D eigenvalue weighted by atomic mass is 10.2. The van der Waals surface area contributed by atoms with Crippen molar-refractivity contribution >= 4 is 5.69 Å². The molecule has 0 spiro atoms. The number of nitriles is 1. The van der Waals surface area contributed by atoms with Crippen LogP contribution in [0.1, 0.15) is 24.5 Å². The third kappa shape index (κ3) is 3.33. The molecule has 1 N–H and O–H groups in total. The highest BCUT2D eigenvalue weighted by Gasteiger charge is 2.04. The number of rotatable bonds is 6. The number of methoxy groups -OCH3 is 1. The Bertz CT molecular complexity index is 610. The van der Waals surface area contributed by atoms with E-state index in [-0.39, 0.29) is 0 Å². The Labute approximate surface area is 119 Å². The first kappa shape index (κ1) is 14.0. The molecule has 0 aliphatic carbocycles. The van der Waals surface area contributed by atoms with E-state index in [2.05, 4.69) is 41.3 Å². The van der Waals surface area contributed by atoms with Gasteiger partial charge in [0.2, 0.25) is 0 Å². The van der Waals surface area contributed by atoms with Crippen LogP contribution in [0.25, 0.3) is 0 Å². The predicted octanol–water partition coefficient (Wildman–Crippen LogP) is 3.39. The van der Waals surface area contributed by atoms with E-state index in [0.29, 0.717) is 11.3 Å². The second-order valence-corrected chi connectivity index (χ2v) is 4.64. The number of nitrogens with zero attached hydrogens (tertiary/aromatic N) is 2. The molecule has 0 saturated heterocycles. The molecule has 20 heavy (non-hydrogen) atoms. The molecule has 0 unspecified atom stereocenters. The Kier molecular flexibility index (Phi) is 4.67. The second-order valence-electron chi connectivity index (χ2n) is 4.64. The van der Waals surface area contributed by atoms with Crippen LogP contribution in [-0.4, -0.2) is 11.7 Å². The summed E-state index contributed by atoms with van der Waals surface area (Å²) in [6.45, 7) is 3.94. The Morgan fingerprint density at radius 3 is 2.90 bits per heavy atom. The lowest BCUT2D eigenvalue weighted by molar-refractivity contribution is 0.416. The fraction of sp³-hybridized carbons (Fsp3) is 0.312. The van der Waals surface area contributed by atoms with Crippen LogP contribution in [0, 0.1) is 11.3 Å². The maximum Gasteiger partial charge on any atom is 0.143 e. The summed E-state index contributed by atoms with van der Waals surface area (Å²) in [4.78, 5) is 0. The van der Waals surface area contributed by atoms with E-state index in [1.807, 2.05) is 6.07 Å². The quantitative estimate of drug-likeness (QED) is 0.874. The molecule has 2 rings (SSSR count). The first-order valence-corrected chi connectivity index (χ1v) is 6.73. The van der Waals surface area contributed by atoms with Gasteiger partial charge in [0.1, 0.15) is 5.75 Å². The molecule has 1 aromatic carbocycles. The van der Waals surface area contributed by atoms with Gasteiger partial charge in [0, 0.05) is 31.5 Å². The van der Waals surface area contributed by atoms with Crippen molar-refractivity contribution in [3.8, 4) is 11.8 Å². The molecular weight excluding hydrogens is 250 g/mol.